The van der Waals surface area contributed by atoms with E-state index in [1.54, 1.807) is 0 Å². The molecule has 456 valence electrons. The first-order chi connectivity index (χ1) is 37.2. The summed E-state index contributed by atoms with van der Waals surface area (Å²) in [4.78, 5) is 71.5. The van der Waals surface area contributed by atoms with E-state index in [2.05, 4.69) is 27.7 Å². The van der Waals surface area contributed by atoms with Gasteiger partial charge in [0.25, 0.3) is 0 Å². The monoisotopic (exact) mass is 1140 g/mol. The number of carbonyl (C=O) groups excluding carboxylic acids is 4. The van der Waals surface area contributed by atoms with Crippen LogP contribution in [0.25, 0.3) is 0 Å². The second-order valence-corrected chi connectivity index (χ2v) is 23.9. The summed E-state index contributed by atoms with van der Waals surface area (Å²) in [5.41, 5.74) is 0. The van der Waals surface area contributed by atoms with Gasteiger partial charge in [0.05, 0.1) is 26.4 Å². The van der Waals surface area contributed by atoms with Gasteiger partial charge in [0.2, 0.25) is 0 Å². The number of aliphatic hydroxyl groups is 1. The molecule has 2 unspecified atom stereocenters. The minimum Gasteiger partial charge on any atom is -0.462 e. The van der Waals surface area contributed by atoms with E-state index in [0.29, 0.717) is 25.7 Å². The highest BCUT2D eigenvalue weighted by atomic mass is 31.2. The van der Waals surface area contributed by atoms with Crippen molar-refractivity contribution < 1.29 is 80.2 Å². The van der Waals surface area contributed by atoms with E-state index in [1.807, 2.05) is 0 Å². The van der Waals surface area contributed by atoms with Crippen LogP contribution < -0.4 is 0 Å². The van der Waals surface area contributed by atoms with Gasteiger partial charge in [-0.05, 0) is 25.7 Å². The quantitative estimate of drug-likeness (QED) is 0.0222. The van der Waals surface area contributed by atoms with E-state index < -0.39 is 97.5 Å². The lowest BCUT2D eigenvalue weighted by atomic mass is 10.0. The lowest BCUT2D eigenvalue weighted by Crippen LogP contribution is -2.30. The van der Waals surface area contributed by atoms with Gasteiger partial charge in [-0.25, -0.2) is 9.13 Å². The van der Waals surface area contributed by atoms with Crippen LogP contribution in [0.2, 0.25) is 0 Å². The van der Waals surface area contributed by atoms with Gasteiger partial charge in [-0.15, -0.1) is 0 Å². The Balaban J connectivity index is 5.12. The SMILES string of the molecule is CCCCCCCCCCCCCCCCCCC(=O)O[C@H](COC(=O)CCCCCCCCCCC)COP(=O)(O)OC[C@@H](O)COP(=O)(O)OC[C@@H](COC(=O)CCCCCCC)OC(=O)CCCCCCCCC. The number of unbranched alkanes of at least 4 members (excludes halogenated alkanes) is 33. The standard InChI is InChI=1S/C58H112O17P2/c1-5-9-13-17-20-22-23-24-25-26-27-28-30-33-37-41-45-58(63)75-54(49-69-56(61)43-39-35-32-29-21-18-14-10-6-2)51-73-77(66,67)71-47-52(59)46-70-76(64,65)72-50-53(48-68-55(60)42-38-34-16-12-8-4)74-57(62)44-40-36-31-19-15-11-7-3/h52-54,59H,5-51H2,1-4H3,(H,64,65)(H,66,67)/t52-,53+,54+/m0/s1. The summed E-state index contributed by atoms with van der Waals surface area (Å²) in [6.45, 7) is 4.71. The summed E-state index contributed by atoms with van der Waals surface area (Å²) in [7, 11) is -9.86. The number of aliphatic hydroxyl groups excluding tert-OH is 1. The molecule has 0 aliphatic heterocycles. The molecule has 77 heavy (non-hydrogen) atoms. The Morgan fingerprint density at radius 3 is 0.766 bits per heavy atom. The fraction of sp³-hybridized carbons (Fsp3) is 0.931. The minimum atomic E-state index is -4.93. The van der Waals surface area contributed by atoms with Gasteiger partial charge in [-0.2, -0.15) is 0 Å². The zero-order valence-electron chi connectivity index (χ0n) is 48.9. The van der Waals surface area contributed by atoms with Crippen molar-refractivity contribution in [2.75, 3.05) is 39.6 Å². The molecule has 5 atom stereocenters. The normalized spacial score (nSPS) is 14.3. The number of hydrogen-bond donors (Lipinski definition) is 3. The molecular formula is C58H112O17P2. The van der Waals surface area contributed by atoms with Crippen LogP contribution in [0, 0.1) is 0 Å². The van der Waals surface area contributed by atoms with Crippen LogP contribution in [0.3, 0.4) is 0 Å². The number of hydrogen-bond acceptors (Lipinski definition) is 15. The van der Waals surface area contributed by atoms with Gasteiger partial charge < -0.3 is 33.8 Å². The Bertz CT molecular complexity index is 1500. The number of phosphoric acid groups is 2. The topological polar surface area (TPSA) is 237 Å². The Morgan fingerprint density at radius 1 is 0.312 bits per heavy atom. The summed E-state index contributed by atoms with van der Waals surface area (Å²) in [6.07, 6.45) is 36.7. The van der Waals surface area contributed by atoms with Crippen molar-refractivity contribution in [2.24, 2.45) is 0 Å². The molecule has 0 spiro atoms. The van der Waals surface area contributed by atoms with E-state index in [-0.39, 0.29) is 25.7 Å². The predicted octanol–water partition coefficient (Wildman–Crippen LogP) is 15.6. The molecule has 0 radical (unpaired) electrons. The van der Waals surface area contributed by atoms with Gasteiger partial charge in [-0.3, -0.25) is 37.3 Å². The van der Waals surface area contributed by atoms with Crippen molar-refractivity contribution in [3.63, 3.8) is 0 Å². The maximum absolute atomic E-state index is 12.9. The molecule has 0 saturated heterocycles. The van der Waals surface area contributed by atoms with Crippen LogP contribution in [-0.4, -0.2) is 96.7 Å². The van der Waals surface area contributed by atoms with E-state index in [4.69, 9.17) is 37.0 Å². The van der Waals surface area contributed by atoms with Crippen molar-refractivity contribution in [3.8, 4) is 0 Å². The smallest absolute Gasteiger partial charge is 0.462 e. The Labute approximate surface area is 467 Å². The van der Waals surface area contributed by atoms with Crippen LogP contribution in [0.1, 0.15) is 291 Å². The van der Waals surface area contributed by atoms with E-state index >= 15 is 0 Å². The second kappa shape index (κ2) is 53.4. The summed E-state index contributed by atoms with van der Waals surface area (Å²) in [6, 6.07) is 0. The fourth-order valence-electron chi connectivity index (χ4n) is 8.57. The third-order valence-electron chi connectivity index (χ3n) is 13.4. The predicted molar refractivity (Wildman–Crippen MR) is 303 cm³/mol. The molecule has 0 aromatic carbocycles. The van der Waals surface area contributed by atoms with Crippen molar-refractivity contribution in [1.29, 1.82) is 0 Å². The van der Waals surface area contributed by atoms with Gasteiger partial charge in [0.15, 0.2) is 12.2 Å². The average Bonchev–Trinajstić information content (AvgIpc) is 3.40. The molecule has 0 heterocycles. The largest absolute Gasteiger partial charge is 0.472 e. The molecule has 0 aliphatic carbocycles. The molecule has 0 fully saturated rings. The lowest BCUT2D eigenvalue weighted by molar-refractivity contribution is -0.161. The molecule has 0 aliphatic rings. The molecule has 0 saturated carbocycles. The van der Waals surface area contributed by atoms with Crippen LogP contribution >= 0.6 is 15.6 Å². The maximum Gasteiger partial charge on any atom is 0.472 e. The van der Waals surface area contributed by atoms with Crippen LogP contribution in [0.4, 0.5) is 0 Å². The van der Waals surface area contributed by atoms with Crippen molar-refractivity contribution >= 4 is 39.5 Å². The molecule has 19 heteroatoms. The first-order valence-electron chi connectivity index (χ1n) is 30.8. The lowest BCUT2D eigenvalue weighted by Gasteiger charge is -2.21. The van der Waals surface area contributed by atoms with Crippen LogP contribution in [0.15, 0.2) is 0 Å². The zero-order valence-corrected chi connectivity index (χ0v) is 50.7. The highest BCUT2D eigenvalue weighted by Gasteiger charge is 2.30. The highest BCUT2D eigenvalue weighted by Crippen LogP contribution is 2.45. The van der Waals surface area contributed by atoms with Crippen molar-refractivity contribution in [1.82, 2.24) is 0 Å². The Kier molecular flexibility index (Phi) is 52.0. The highest BCUT2D eigenvalue weighted by molar-refractivity contribution is 7.47. The molecule has 0 amide bonds. The fourth-order valence-corrected chi connectivity index (χ4v) is 10.2. The van der Waals surface area contributed by atoms with Gasteiger partial charge >= 0.3 is 39.5 Å². The second-order valence-electron chi connectivity index (χ2n) is 21.0. The average molecular weight is 1140 g/mol. The van der Waals surface area contributed by atoms with E-state index in [9.17, 15) is 43.2 Å². The number of phosphoric ester groups is 2. The first-order valence-corrected chi connectivity index (χ1v) is 33.8. The van der Waals surface area contributed by atoms with Crippen LogP contribution in [0.5, 0.6) is 0 Å². The molecule has 3 N–H and O–H groups in total. The molecule has 0 rings (SSSR count). The van der Waals surface area contributed by atoms with Crippen molar-refractivity contribution in [2.45, 2.75) is 309 Å². The summed E-state index contributed by atoms with van der Waals surface area (Å²) in [5, 5.41) is 10.5. The van der Waals surface area contributed by atoms with Crippen molar-refractivity contribution in [3.05, 3.63) is 0 Å². The number of carbonyl (C=O) groups is 4. The summed E-state index contributed by atoms with van der Waals surface area (Å²) in [5.74, 6) is -2.16. The molecular weight excluding hydrogens is 1030 g/mol. The van der Waals surface area contributed by atoms with Crippen LogP contribution in [-0.2, 0) is 65.4 Å². The first kappa shape index (κ1) is 75.1. The van der Waals surface area contributed by atoms with E-state index in [0.717, 1.165) is 109 Å². The Hall–Kier alpha value is -1.94. The number of esters is 4. The maximum atomic E-state index is 12.9. The summed E-state index contributed by atoms with van der Waals surface area (Å²) >= 11 is 0. The zero-order chi connectivity index (χ0) is 56.9. The summed E-state index contributed by atoms with van der Waals surface area (Å²) < 4.78 is 67.4. The number of ether oxygens (including phenoxy) is 4. The molecule has 0 bridgehead atoms. The molecule has 17 nitrogen and oxygen atoms in total. The van der Waals surface area contributed by atoms with Gasteiger partial charge in [-0.1, -0.05) is 240 Å². The Morgan fingerprint density at radius 2 is 0.519 bits per heavy atom. The third-order valence-corrected chi connectivity index (χ3v) is 15.3. The van der Waals surface area contributed by atoms with E-state index in [1.165, 1.54) is 103 Å². The van der Waals surface area contributed by atoms with Gasteiger partial charge in [0.1, 0.15) is 19.3 Å². The third kappa shape index (κ3) is 53.2. The minimum absolute atomic E-state index is 0.103. The number of rotatable bonds is 59. The molecule has 0 aromatic heterocycles. The molecule has 0 aromatic rings. The van der Waals surface area contributed by atoms with Gasteiger partial charge in [0, 0.05) is 25.7 Å².